The minimum atomic E-state index is -0.0952. The molecule has 3 heteroatoms. The van der Waals surface area contributed by atoms with Gasteiger partial charge in [-0.05, 0) is 60.7 Å². The Hall–Kier alpha value is -1.68. The third-order valence-electron chi connectivity index (χ3n) is 4.64. The zero-order valence-corrected chi connectivity index (χ0v) is 13.2. The molecule has 0 aliphatic carbocycles. The topological polar surface area (TPSA) is 64.1 Å². The molecule has 0 saturated heterocycles. The SMILES string of the molecule is CC1NCCc2ccc(C(N)c3ccccc3CCN)cc21. The molecular weight excluding hydrogens is 270 g/mol. The van der Waals surface area contributed by atoms with Crippen molar-refractivity contribution in [3.05, 3.63) is 70.3 Å². The summed E-state index contributed by atoms with van der Waals surface area (Å²) in [7, 11) is 0. The molecule has 2 unspecified atom stereocenters. The number of nitrogens with one attached hydrogen (secondary N) is 1. The number of nitrogens with two attached hydrogens (primary N) is 2. The average molecular weight is 295 g/mol. The number of benzene rings is 2. The summed E-state index contributed by atoms with van der Waals surface area (Å²) in [5, 5.41) is 3.52. The van der Waals surface area contributed by atoms with E-state index >= 15 is 0 Å². The van der Waals surface area contributed by atoms with Gasteiger partial charge in [0, 0.05) is 6.04 Å². The summed E-state index contributed by atoms with van der Waals surface area (Å²) in [6.07, 6.45) is 1.96. The van der Waals surface area contributed by atoms with Crippen LogP contribution in [0.1, 0.15) is 46.8 Å². The molecule has 0 radical (unpaired) electrons. The van der Waals surface area contributed by atoms with E-state index in [2.05, 4.69) is 54.7 Å². The van der Waals surface area contributed by atoms with Crippen molar-refractivity contribution in [2.45, 2.75) is 31.8 Å². The van der Waals surface area contributed by atoms with Crippen LogP contribution in [0.5, 0.6) is 0 Å². The largest absolute Gasteiger partial charge is 0.330 e. The number of rotatable bonds is 4. The lowest BCUT2D eigenvalue weighted by molar-refractivity contribution is 0.540. The molecule has 0 fully saturated rings. The van der Waals surface area contributed by atoms with Crippen LogP contribution in [0, 0.1) is 0 Å². The van der Waals surface area contributed by atoms with E-state index in [0.717, 1.165) is 19.4 Å². The van der Waals surface area contributed by atoms with Gasteiger partial charge < -0.3 is 16.8 Å². The van der Waals surface area contributed by atoms with Gasteiger partial charge in [-0.2, -0.15) is 0 Å². The van der Waals surface area contributed by atoms with Crippen LogP contribution in [0.2, 0.25) is 0 Å². The molecule has 1 heterocycles. The first-order valence-corrected chi connectivity index (χ1v) is 8.10. The van der Waals surface area contributed by atoms with Gasteiger partial charge in [-0.25, -0.2) is 0 Å². The lowest BCUT2D eigenvalue weighted by Crippen LogP contribution is -2.28. The zero-order valence-electron chi connectivity index (χ0n) is 13.2. The molecule has 2 atom stereocenters. The monoisotopic (exact) mass is 295 g/mol. The van der Waals surface area contributed by atoms with Crippen molar-refractivity contribution in [3.63, 3.8) is 0 Å². The molecule has 0 amide bonds. The second-order valence-corrected chi connectivity index (χ2v) is 6.10. The molecule has 22 heavy (non-hydrogen) atoms. The second-order valence-electron chi connectivity index (χ2n) is 6.10. The number of fused-ring (bicyclic) bond motifs is 1. The van der Waals surface area contributed by atoms with Gasteiger partial charge in [0.05, 0.1) is 6.04 Å². The highest BCUT2D eigenvalue weighted by Crippen LogP contribution is 2.29. The first-order chi connectivity index (χ1) is 10.7. The summed E-state index contributed by atoms with van der Waals surface area (Å²) in [5.74, 6) is 0. The second kappa shape index (κ2) is 6.61. The van der Waals surface area contributed by atoms with E-state index < -0.39 is 0 Å². The fraction of sp³-hybridized carbons (Fsp3) is 0.368. The maximum atomic E-state index is 6.56. The van der Waals surface area contributed by atoms with Crippen molar-refractivity contribution in [1.29, 1.82) is 0 Å². The van der Waals surface area contributed by atoms with E-state index in [1.54, 1.807) is 0 Å². The van der Waals surface area contributed by atoms with Crippen LogP contribution < -0.4 is 16.8 Å². The fourth-order valence-electron chi connectivity index (χ4n) is 3.37. The Kier molecular flexibility index (Phi) is 4.57. The summed E-state index contributed by atoms with van der Waals surface area (Å²) in [6.45, 7) is 3.92. The average Bonchev–Trinajstić information content (AvgIpc) is 2.55. The van der Waals surface area contributed by atoms with Crippen molar-refractivity contribution in [2.24, 2.45) is 11.5 Å². The van der Waals surface area contributed by atoms with Gasteiger partial charge in [-0.1, -0.05) is 42.5 Å². The predicted octanol–water partition coefficient (Wildman–Crippen LogP) is 2.44. The molecule has 2 aromatic carbocycles. The van der Waals surface area contributed by atoms with Crippen LogP contribution in [0.3, 0.4) is 0 Å². The summed E-state index contributed by atoms with van der Waals surface area (Å²) in [5.41, 5.74) is 18.7. The third-order valence-corrected chi connectivity index (χ3v) is 4.64. The Bertz CT molecular complexity index is 651. The van der Waals surface area contributed by atoms with Gasteiger partial charge in [0.2, 0.25) is 0 Å². The summed E-state index contributed by atoms with van der Waals surface area (Å²) in [6, 6.07) is 15.4. The van der Waals surface area contributed by atoms with Gasteiger partial charge in [-0.3, -0.25) is 0 Å². The minimum Gasteiger partial charge on any atom is -0.330 e. The van der Waals surface area contributed by atoms with E-state index in [0.29, 0.717) is 12.6 Å². The Morgan fingerprint density at radius 3 is 2.86 bits per heavy atom. The van der Waals surface area contributed by atoms with Crippen LogP contribution in [0.15, 0.2) is 42.5 Å². The van der Waals surface area contributed by atoms with Crippen molar-refractivity contribution >= 4 is 0 Å². The zero-order chi connectivity index (χ0) is 15.5. The lowest BCUT2D eigenvalue weighted by Gasteiger charge is -2.26. The minimum absolute atomic E-state index is 0.0952. The first-order valence-electron chi connectivity index (χ1n) is 8.10. The molecular formula is C19H25N3. The summed E-state index contributed by atoms with van der Waals surface area (Å²) < 4.78 is 0. The normalized spacial score (nSPS) is 18.8. The summed E-state index contributed by atoms with van der Waals surface area (Å²) in [4.78, 5) is 0. The molecule has 3 rings (SSSR count). The van der Waals surface area contributed by atoms with Crippen LogP contribution >= 0.6 is 0 Å². The van der Waals surface area contributed by atoms with E-state index in [-0.39, 0.29) is 6.04 Å². The van der Waals surface area contributed by atoms with Crippen LogP contribution in [-0.4, -0.2) is 13.1 Å². The lowest BCUT2D eigenvalue weighted by atomic mass is 9.88. The molecule has 3 nitrogen and oxygen atoms in total. The van der Waals surface area contributed by atoms with Crippen LogP contribution in [0.4, 0.5) is 0 Å². The smallest absolute Gasteiger partial charge is 0.0554 e. The highest BCUT2D eigenvalue weighted by atomic mass is 14.9. The van der Waals surface area contributed by atoms with Gasteiger partial charge in [0.25, 0.3) is 0 Å². The standard InChI is InChI=1S/C19H25N3/c1-13-18-12-16(7-6-15(18)9-11-22-13)19(21)17-5-3-2-4-14(17)8-10-20/h2-7,12-13,19,22H,8-11,20-21H2,1H3. The van der Waals surface area contributed by atoms with Gasteiger partial charge in [0.15, 0.2) is 0 Å². The quantitative estimate of drug-likeness (QED) is 0.812. The maximum Gasteiger partial charge on any atom is 0.0554 e. The van der Waals surface area contributed by atoms with Crippen LogP contribution in [0.25, 0.3) is 0 Å². The van der Waals surface area contributed by atoms with Crippen molar-refractivity contribution in [2.75, 3.05) is 13.1 Å². The van der Waals surface area contributed by atoms with E-state index in [1.807, 2.05) is 0 Å². The number of hydrogen-bond acceptors (Lipinski definition) is 3. The maximum absolute atomic E-state index is 6.56. The Morgan fingerprint density at radius 1 is 1.23 bits per heavy atom. The molecule has 0 bridgehead atoms. The van der Waals surface area contributed by atoms with Gasteiger partial charge >= 0.3 is 0 Å². The van der Waals surface area contributed by atoms with E-state index in [1.165, 1.54) is 27.8 Å². The van der Waals surface area contributed by atoms with E-state index in [9.17, 15) is 0 Å². The fourth-order valence-corrected chi connectivity index (χ4v) is 3.37. The Labute approximate surface area is 132 Å². The molecule has 2 aromatic rings. The molecule has 5 N–H and O–H groups in total. The third kappa shape index (κ3) is 2.93. The van der Waals surface area contributed by atoms with E-state index in [4.69, 9.17) is 11.5 Å². The Morgan fingerprint density at radius 2 is 2.05 bits per heavy atom. The molecule has 1 aliphatic heterocycles. The molecule has 0 aromatic heterocycles. The highest BCUT2D eigenvalue weighted by molar-refractivity contribution is 5.42. The molecule has 0 saturated carbocycles. The van der Waals surface area contributed by atoms with Crippen molar-refractivity contribution < 1.29 is 0 Å². The first kappa shape index (κ1) is 15.2. The highest BCUT2D eigenvalue weighted by Gasteiger charge is 2.19. The Balaban J connectivity index is 1.96. The van der Waals surface area contributed by atoms with Gasteiger partial charge in [0.1, 0.15) is 0 Å². The molecule has 116 valence electrons. The van der Waals surface area contributed by atoms with Gasteiger partial charge in [-0.15, -0.1) is 0 Å². The molecule has 1 aliphatic rings. The number of hydrogen-bond donors (Lipinski definition) is 3. The van der Waals surface area contributed by atoms with Crippen LogP contribution in [-0.2, 0) is 12.8 Å². The summed E-state index contributed by atoms with van der Waals surface area (Å²) >= 11 is 0. The van der Waals surface area contributed by atoms with Crippen molar-refractivity contribution in [1.82, 2.24) is 5.32 Å². The predicted molar refractivity (Wildman–Crippen MR) is 91.8 cm³/mol. The van der Waals surface area contributed by atoms with Crippen molar-refractivity contribution in [3.8, 4) is 0 Å². The molecule has 0 spiro atoms.